The van der Waals surface area contributed by atoms with E-state index in [2.05, 4.69) is 71.1 Å². The van der Waals surface area contributed by atoms with Crippen molar-refractivity contribution in [1.82, 2.24) is 9.47 Å². The van der Waals surface area contributed by atoms with Gasteiger partial charge in [0.2, 0.25) is 0 Å². The van der Waals surface area contributed by atoms with Gasteiger partial charge in [0.05, 0.1) is 13.7 Å². The van der Waals surface area contributed by atoms with Crippen LogP contribution < -0.4 is 4.74 Å². The second-order valence-corrected chi connectivity index (χ2v) is 7.16. The molecule has 0 aliphatic carbocycles. The van der Waals surface area contributed by atoms with Crippen LogP contribution in [-0.2, 0) is 24.4 Å². The van der Waals surface area contributed by atoms with Crippen LogP contribution in [0.1, 0.15) is 22.4 Å². The summed E-state index contributed by atoms with van der Waals surface area (Å²) in [5.41, 5.74) is 5.20. The van der Waals surface area contributed by atoms with E-state index in [0.717, 1.165) is 38.5 Å². The minimum absolute atomic E-state index is 0.717. The van der Waals surface area contributed by atoms with Crippen molar-refractivity contribution in [2.75, 3.05) is 27.4 Å². The van der Waals surface area contributed by atoms with Crippen LogP contribution >= 0.6 is 0 Å². The Morgan fingerprint density at radius 3 is 2.25 bits per heavy atom. The van der Waals surface area contributed by atoms with Crippen molar-refractivity contribution in [2.24, 2.45) is 0 Å². The van der Waals surface area contributed by atoms with Crippen molar-refractivity contribution in [3.8, 4) is 5.75 Å². The number of hydrogen-bond donors (Lipinski definition) is 0. The summed E-state index contributed by atoms with van der Waals surface area (Å²) in [7, 11) is 3.45. The number of ether oxygens (including phenoxy) is 2. The standard InChI is InChI=1S/C24H30N2O2/c1-20-6-8-22(9-7-20)18-26-14-4-5-23(26)19-25(15-16-27-2)17-21-10-12-24(28-3)13-11-21/h4-14H,15-19H2,1-3H3. The molecule has 0 saturated carbocycles. The molecule has 28 heavy (non-hydrogen) atoms. The molecule has 148 valence electrons. The Hall–Kier alpha value is -2.56. The maximum atomic E-state index is 5.33. The van der Waals surface area contributed by atoms with Crippen molar-refractivity contribution in [3.63, 3.8) is 0 Å². The zero-order valence-corrected chi connectivity index (χ0v) is 17.1. The highest BCUT2D eigenvalue weighted by atomic mass is 16.5. The van der Waals surface area contributed by atoms with E-state index in [1.54, 1.807) is 14.2 Å². The highest BCUT2D eigenvalue weighted by molar-refractivity contribution is 5.27. The number of aromatic nitrogens is 1. The van der Waals surface area contributed by atoms with Crippen molar-refractivity contribution >= 4 is 0 Å². The summed E-state index contributed by atoms with van der Waals surface area (Å²) in [6.07, 6.45) is 2.16. The minimum Gasteiger partial charge on any atom is -0.497 e. The van der Waals surface area contributed by atoms with E-state index in [1.807, 2.05) is 12.1 Å². The summed E-state index contributed by atoms with van der Waals surface area (Å²) in [5, 5.41) is 0. The van der Waals surface area contributed by atoms with Crippen LogP contribution in [0, 0.1) is 6.92 Å². The third kappa shape index (κ3) is 5.72. The number of benzene rings is 2. The van der Waals surface area contributed by atoms with Gasteiger partial charge in [0, 0.05) is 45.2 Å². The van der Waals surface area contributed by atoms with Gasteiger partial charge in [0.15, 0.2) is 0 Å². The fourth-order valence-corrected chi connectivity index (χ4v) is 3.29. The third-order valence-electron chi connectivity index (χ3n) is 4.96. The van der Waals surface area contributed by atoms with Gasteiger partial charge in [-0.05, 0) is 42.3 Å². The van der Waals surface area contributed by atoms with Gasteiger partial charge in [-0.15, -0.1) is 0 Å². The van der Waals surface area contributed by atoms with E-state index < -0.39 is 0 Å². The molecular weight excluding hydrogens is 348 g/mol. The Morgan fingerprint density at radius 1 is 0.857 bits per heavy atom. The number of methoxy groups -OCH3 is 2. The predicted molar refractivity (Wildman–Crippen MR) is 114 cm³/mol. The summed E-state index contributed by atoms with van der Waals surface area (Å²) < 4.78 is 12.9. The predicted octanol–water partition coefficient (Wildman–Crippen LogP) is 4.50. The highest BCUT2D eigenvalue weighted by Crippen LogP contribution is 2.16. The Morgan fingerprint density at radius 2 is 1.57 bits per heavy atom. The molecule has 3 rings (SSSR count). The molecule has 0 fully saturated rings. The third-order valence-corrected chi connectivity index (χ3v) is 4.96. The normalized spacial score (nSPS) is 11.1. The Kier molecular flexibility index (Phi) is 7.29. The highest BCUT2D eigenvalue weighted by Gasteiger charge is 2.11. The summed E-state index contributed by atoms with van der Waals surface area (Å²) in [6, 6.07) is 21.4. The molecular formula is C24H30N2O2. The first-order valence-corrected chi connectivity index (χ1v) is 9.71. The van der Waals surface area contributed by atoms with Gasteiger partial charge >= 0.3 is 0 Å². The average Bonchev–Trinajstić information content (AvgIpc) is 3.15. The summed E-state index contributed by atoms with van der Waals surface area (Å²) in [6.45, 7) is 6.38. The molecule has 0 aliphatic rings. The van der Waals surface area contributed by atoms with E-state index in [9.17, 15) is 0 Å². The topological polar surface area (TPSA) is 26.6 Å². The van der Waals surface area contributed by atoms with Crippen LogP contribution in [0.3, 0.4) is 0 Å². The molecule has 0 amide bonds. The zero-order chi connectivity index (χ0) is 19.8. The quantitative estimate of drug-likeness (QED) is 0.520. The van der Waals surface area contributed by atoms with E-state index in [-0.39, 0.29) is 0 Å². The van der Waals surface area contributed by atoms with Crippen LogP contribution in [0.4, 0.5) is 0 Å². The van der Waals surface area contributed by atoms with Crippen LogP contribution in [0.25, 0.3) is 0 Å². The lowest BCUT2D eigenvalue weighted by molar-refractivity contribution is 0.138. The summed E-state index contributed by atoms with van der Waals surface area (Å²) in [5.74, 6) is 0.888. The Labute approximate surface area is 168 Å². The first kappa shape index (κ1) is 20.2. The first-order chi connectivity index (χ1) is 13.7. The van der Waals surface area contributed by atoms with Crippen molar-refractivity contribution < 1.29 is 9.47 Å². The molecule has 0 spiro atoms. The monoisotopic (exact) mass is 378 g/mol. The van der Waals surface area contributed by atoms with Gasteiger partial charge in [-0.3, -0.25) is 4.90 Å². The molecule has 2 aromatic carbocycles. The van der Waals surface area contributed by atoms with Crippen LogP contribution in [0.5, 0.6) is 5.75 Å². The van der Waals surface area contributed by atoms with Gasteiger partial charge in [-0.1, -0.05) is 42.0 Å². The molecule has 1 aromatic heterocycles. The van der Waals surface area contributed by atoms with Crippen molar-refractivity contribution in [2.45, 2.75) is 26.6 Å². The molecule has 3 aromatic rings. The maximum absolute atomic E-state index is 5.33. The lowest BCUT2D eigenvalue weighted by atomic mass is 10.1. The molecule has 0 radical (unpaired) electrons. The summed E-state index contributed by atoms with van der Waals surface area (Å²) >= 11 is 0. The molecule has 0 saturated heterocycles. The smallest absolute Gasteiger partial charge is 0.118 e. The zero-order valence-electron chi connectivity index (χ0n) is 17.1. The molecule has 0 N–H and O–H groups in total. The van der Waals surface area contributed by atoms with Gasteiger partial charge < -0.3 is 14.0 Å². The van der Waals surface area contributed by atoms with Gasteiger partial charge in [-0.25, -0.2) is 0 Å². The molecule has 0 aliphatic heterocycles. The van der Waals surface area contributed by atoms with Gasteiger partial charge in [0.1, 0.15) is 5.75 Å². The molecule has 4 heteroatoms. The van der Waals surface area contributed by atoms with Crippen LogP contribution in [-0.4, -0.2) is 36.8 Å². The molecule has 0 atom stereocenters. The number of rotatable bonds is 10. The van der Waals surface area contributed by atoms with Gasteiger partial charge in [0.25, 0.3) is 0 Å². The van der Waals surface area contributed by atoms with Gasteiger partial charge in [-0.2, -0.15) is 0 Å². The van der Waals surface area contributed by atoms with E-state index in [0.29, 0.717) is 0 Å². The maximum Gasteiger partial charge on any atom is 0.118 e. The second kappa shape index (κ2) is 10.1. The second-order valence-electron chi connectivity index (χ2n) is 7.16. The Balaban J connectivity index is 1.70. The van der Waals surface area contributed by atoms with Crippen LogP contribution in [0.2, 0.25) is 0 Å². The van der Waals surface area contributed by atoms with E-state index in [1.165, 1.54) is 22.4 Å². The lowest BCUT2D eigenvalue weighted by Gasteiger charge is -2.23. The van der Waals surface area contributed by atoms with Crippen LogP contribution in [0.15, 0.2) is 66.9 Å². The fourth-order valence-electron chi connectivity index (χ4n) is 3.29. The largest absolute Gasteiger partial charge is 0.497 e. The molecule has 0 bridgehead atoms. The molecule has 0 unspecified atom stereocenters. The molecule has 4 nitrogen and oxygen atoms in total. The van der Waals surface area contributed by atoms with E-state index in [4.69, 9.17) is 9.47 Å². The van der Waals surface area contributed by atoms with Crippen molar-refractivity contribution in [1.29, 1.82) is 0 Å². The summed E-state index contributed by atoms with van der Waals surface area (Å²) in [4.78, 5) is 2.42. The SMILES string of the molecule is COCCN(Cc1ccc(OC)cc1)Cc1cccn1Cc1ccc(C)cc1. The number of hydrogen-bond acceptors (Lipinski definition) is 3. The number of aryl methyl sites for hydroxylation is 1. The van der Waals surface area contributed by atoms with E-state index >= 15 is 0 Å². The lowest BCUT2D eigenvalue weighted by Crippen LogP contribution is -2.27. The molecule has 1 heterocycles. The average molecular weight is 379 g/mol. The first-order valence-electron chi connectivity index (χ1n) is 9.71. The Bertz CT molecular complexity index is 838. The minimum atomic E-state index is 0.717. The number of nitrogens with zero attached hydrogens (tertiary/aromatic N) is 2. The van der Waals surface area contributed by atoms with Crippen molar-refractivity contribution in [3.05, 3.63) is 89.2 Å². The fraction of sp³-hybridized carbons (Fsp3) is 0.333.